The zero-order valence-corrected chi connectivity index (χ0v) is 10.1. The number of benzene rings is 1. The molecule has 1 heterocycles. The molecule has 5 heteroatoms. The van der Waals surface area contributed by atoms with Gasteiger partial charge >= 0.3 is 5.97 Å². The number of Topliss-reactive ketones (excluding diaryl/α,β-unsaturated/α-hetero) is 1. The molecule has 1 aliphatic heterocycles. The maximum absolute atomic E-state index is 11.6. The van der Waals surface area contributed by atoms with Crippen molar-refractivity contribution in [1.29, 1.82) is 0 Å². The lowest BCUT2D eigenvalue weighted by Gasteiger charge is -2.06. The van der Waals surface area contributed by atoms with Crippen LogP contribution in [-0.4, -0.2) is 32.6 Å². The van der Waals surface area contributed by atoms with Crippen molar-refractivity contribution in [3.8, 4) is 5.75 Å². The van der Waals surface area contributed by atoms with Crippen molar-refractivity contribution in [2.75, 3.05) is 20.8 Å². The average molecular weight is 248 g/mol. The van der Waals surface area contributed by atoms with Gasteiger partial charge in [0.05, 0.1) is 26.0 Å². The van der Waals surface area contributed by atoms with Crippen LogP contribution in [0.3, 0.4) is 0 Å². The van der Waals surface area contributed by atoms with Gasteiger partial charge in [0.2, 0.25) is 5.78 Å². The smallest absolute Gasteiger partial charge is 0.341 e. The Kier molecular flexibility index (Phi) is 3.32. The van der Waals surface area contributed by atoms with Gasteiger partial charge in [-0.2, -0.15) is 0 Å². The summed E-state index contributed by atoms with van der Waals surface area (Å²) in [5, 5.41) is 0. The van der Waals surface area contributed by atoms with Crippen LogP contribution in [0, 0.1) is 0 Å². The number of methoxy groups -OCH3 is 2. The van der Waals surface area contributed by atoms with Gasteiger partial charge in [0.25, 0.3) is 0 Å². The number of esters is 1. The van der Waals surface area contributed by atoms with Crippen LogP contribution in [0.25, 0.3) is 5.57 Å². The van der Waals surface area contributed by atoms with Gasteiger partial charge in [-0.05, 0) is 17.7 Å². The maximum atomic E-state index is 11.6. The van der Waals surface area contributed by atoms with Crippen LogP contribution in [-0.2, 0) is 14.3 Å². The highest BCUT2D eigenvalue weighted by Crippen LogP contribution is 2.29. The molecule has 0 N–H and O–H groups in total. The fraction of sp³-hybridized carbons (Fsp3) is 0.231. The Balaban J connectivity index is 2.44. The minimum atomic E-state index is -0.525. The predicted octanol–water partition coefficient (Wildman–Crippen LogP) is 1.42. The number of ether oxygens (including phenoxy) is 3. The largest absolute Gasteiger partial charge is 0.503 e. The van der Waals surface area contributed by atoms with E-state index in [1.807, 2.05) is 0 Å². The first kappa shape index (κ1) is 12.2. The molecule has 1 aliphatic rings. The van der Waals surface area contributed by atoms with E-state index in [9.17, 15) is 9.59 Å². The Bertz CT molecular complexity index is 530. The molecule has 1 aromatic rings. The molecule has 0 unspecified atom stereocenters. The summed E-state index contributed by atoms with van der Waals surface area (Å²) < 4.78 is 14.7. The number of ketones is 1. The first-order valence-corrected chi connectivity index (χ1v) is 5.29. The van der Waals surface area contributed by atoms with E-state index in [1.165, 1.54) is 20.5 Å². The molecule has 0 amide bonds. The molecule has 1 aromatic carbocycles. The van der Waals surface area contributed by atoms with Crippen LogP contribution in [0.5, 0.6) is 5.75 Å². The van der Waals surface area contributed by atoms with Crippen molar-refractivity contribution in [3.63, 3.8) is 0 Å². The summed E-state index contributed by atoms with van der Waals surface area (Å²) in [7, 11) is 2.72. The minimum Gasteiger partial charge on any atom is -0.503 e. The summed E-state index contributed by atoms with van der Waals surface area (Å²) >= 11 is 0. The number of carbonyl (C=O) groups excluding carboxylic acids is 2. The van der Waals surface area contributed by atoms with Gasteiger partial charge < -0.3 is 14.2 Å². The number of hydrogen-bond acceptors (Lipinski definition) is 5. The lowest BCUT2D eigenvalue weighted by molar-refractivity contribution is -0.133. The highest BCUT2D eigenvalue weighted by molar-refractivity contribution is 6.16. The van der Waals surface area contributed by atoms with Crippen molar-refractivity contribution in [1.82, 2.24) is 0 Å². The summed E-state index contributed by atoms with van der Waals surface area (Å²) in [4.78, 5) is 23.1. The Morgan fingerprint density at radius 1 is 1.39 bits per heavy atom. The first-order chi connectivity index (χ1) is 8.67. The van der Waals surface area contributed by atoms with E-state index in [0.717, 1.165) is 0 Å². The molecule has 0 saturated heterocycles. The highest BCUT2D eigenvalue weighted by Gasteiger charge is 2.23. The third-order valence-corrected chi connectivity index (χ3v) is 2.59. The first-order valence-electron chi connectivity index (χ1n) is 5.29. The lowest BCUT2D eigenvalue weighted by Crippen LogP contribution is -2.05. The van der Waals surface area contributed by atoms with Gasteiger partial charge in [0.15, 0.2) is 6.61 Å². The summed E-state index contributed by atoms with van der Waals surface area (Å²) in [6, 6.07) is 4.94. The second-order valence-corrected chi connectivity index (χ2v) is 3.68. The van der Waals surface area contributed by atoms with Crippen molar-refractivity contribution in [2.45, 2.75) is 0 Å². The molecule has 0 spiro atoms. The standard InChI is InChI=1S/C13H12O5/c1-16-6-10(13(15)17-2)8-3-4-12-9(5-8)11(14)7-18-12/h3-6H,7H2,1-2H3/b10-6+. The van der Waals surface area contributed by atoms with Gasteiger partial charge in [-0.15, -0.1) is 0 Å². The van der Waals surface area contributed by atoms with Gasteiger partial charge in [-0.1, -0.05) is 6.07 Å². The fourth-order valence-corrected chi connectivity index (χ4v) is 1.72. The number of rotatable bonds is 3. The van der Waals surface area contributed by atoms with Gasteiger partial charge in [-0.25, -0.2) is 4.79 Å². The third kappa shape index (κ3) is 2.07. The van der Waals surface area contributed by atoms with Crippen molar-refractivity contribution < 1.29 is 23.8 Å². The Morgan fingerprint density at radius 2 is 2.17 bits per heavy atom. The molecule has 0 aromatic heterocycles. The van der Waals surface area contributed by atoms with Gasteiger partial charge in [-0.3, -0.25) is 4.79 Å². The maximum Gasteiger partial charge on any atom is 0.341 e. The van der Waals surface area contributed by atoms with E-state index < -0.39 is 5.97 Å². The summed E-state index contributed by atoms with van der Waals surface area (Å²) in [6.07, 6.45) is 1.29. The molecule has 0 radical (unpaired) electrons. The van der Waals surface area contributed by atoms with Gasteiger partial charge in [0.1, 0.15) is 11.3 Å². The zero-order chi connectivity index (χ0) is 13.1. The van der Waals surface area contributed by atoms with Crippen LogP contribution < -0.4 is 4.74 Å². The lowest BCUT2D eigenvalue weighted by atomic mass is 10.0. The summed E-state index contributed by atoms with van der Waals surface area (Å²) in [6.45, 7) is 0.0420. The van der Waals surface area contributed by atoms with Crippen LogP contribution in [0.2, 0.25) is 0 Å². The van der Waals surface area contributed by atoms with Crippen LogP contribution in [0.1, 0.15) is 15.9 Å². The van der Waals surface area contributed by atoms with Crippen LogP contribution in [0.15, 0.2) is 24.5 Å². The zero-order valence-electron chi connectivity index (χ0n) is 10.1. The molecule has 18 heavy (non-hydrogen) atoms. The topological polar surface area (TPSA) is 61.8 Å². The van der Waals surface area contributed by atoms with Crippen molar-refractivity contribution in [2.24, 2.45) is 0 Å². The molecule has 0 atom stereocenters. The van der Waals surface area contributed by atoms with Crippen molar-refractivity contribution in [3.05, 3.63) is 35.6 Å². The van der Waals surface area contributed by atoms with Crippen LogP contribution in [0.4, 0.5) is 0 Å². The van der Waals surface area contributed by atoms with E-state index in [-0.39, 0.29) is 18.0 Å². The number of hydrogen-bond donors (Lipinski definition) is 0. The molecule has 0 fully saturated rings. The van der Waals surface area contributed by atoms with E-state index in [4.69, 9.17) is 9.47 Å². The van der Waals surface area contributed by atoms with E-state index in [2.05, 4.69) is 4.74 Å². The van der Waals surface area contributed by atoms with E-state index in [1.54, 1.807) is 18.2 Å². The molecule has 0 bridgehead atoms. The average Bonchev–Trinajstić information content (AvgIpc) is 2.76. The summed E-state index contributed by atoms with van der Waals surface area (Å²) in [5.41, 5.74) is 1.28. The predicted molar refractivity (Wildman–Crippen MR) is 63.3 cm³/mol. The van der Waals surface area contributed by atoms with Crippen LogP contribution >= 0.6 is 0 Å². The van der Waals surface area contributed by atoms with Gasteiger partial charge in [0, 0.05) is 0 Å². The summed E-state index contributed by atoms with van der Waals surface area (Å²) in [5.74, 6) is -0.0953. The molecule has 0 aliphatic carbocycles. The Hall–Kier alpha value is -2.30. The van der Waals surface area contributed by atoms with E-state index in [0.29, 0.717) is 16.9 Å². The molecular weight excluding hydrogens is 236 g/mol. The fourth-order valence-electron chi connectivity index (χ4n) is 1.72. The molecule has 0 saturated carbocycles. The van der Waals surface area contributed by atoms with E-state index >= 15 is 0 Å². The number of fused-ring (bicyclic) bond motifs is 1. The quantitative estimate of drug-likeness (QED) is 0.460. The third-order valence-electron chi connectivity index (χ3n) is 2.59. The molecule has 94 valence electrons. The Morgan fingerprint density at radius 3 is 2.83 bits per heavy atom. The normalized spacial score (nSPS) is 13.9. The SMILES string of the molecule is CO/C=C(/C(=O)OC)c1ccc2c(c1)C(=O)CO2. The minimum absolute atomic E-state index is 0.0420. The monoisotopic (exact) mass is 248 g/mol. The molecule has 2 rings (SSSR count). The second kappa shape index (κ2) is 4.91. The van der Waals surface area contributed by atoms with Crippen molar-refractivity contribution >= 4 is 17.3 Å². The molecular formula is C13H12O5. The number of carbonyl (C=O) groups is 2. The Labute approximate surface area is 104 Å². The molecule has 5 nitrogen and oxygen atoms in total. The second-order valence-electron chi connectivity index (χ2n) is 3.68. The highest BCUT2D eigenvalue weighted by atomic mass is 16.5.